The molecule has 0 fully saturated rings. The number of hydrogen-bond donors (Lipinski definition) is 1. The molecule has 18 heavy (non-hydrogen) atoms. The van der Waals surface area contributed by atoms with E-state index in [2.05, 4.69) is 5.32 Å². The van der Waals surface area contributed by atoms with Crippen LogP contribution in [0.1, 0.15) is 18.9 Å². The van der Waals surface area contributed by atoms with Gasteiger partial charge in [0.25, 0.3) is 5.91 Å². The van der Waals surface area contributed by atoms with Crippen molar-refractivity contribution < 1.29 is 14.3 Å². The number of methoxy groups -OCH3 is 1. The fraction of sp³-hybridized carbons (Fsp3) is 0.500. The van der Waals surface area contributed by atoms with E-state index in [0.29, 0.717) is 19.6 Å². The number of hydrogen-bond acceptors (Lipinski definition) is 3. The second-order valence-electron chi connectivity index (χ2n) is 4.12. The maximum absolute atomic E-state index is 11.8. The van der Waals surface area contributed by atoms with E-state index in [4.69, 9.17) is 9.47 Å². The van der Waals surface area contributed by atoms with Crippen molar-refractivity contribution in [3.63, 3.8) is 0 Å². The van der Waals surface area contributed by atoms with E-state index < -0.39 is 6.10 Å². The van der Waals surface area contributed by atoms with Gasteiger partial charge in [-0.1, -0.05) is 19.1 Å². The lowest BCUT2D eigenvalue weighted by Gasteiger charge is -2.17. The summed E-state index contributed by atoms with van der Waals surface area (Å²) in [5, 5.41) is 2.78. The number of nitrogens with one attached hydrogen (secondary N) is 1. The number of benzene rings is 1. The molecule has 4 nitrogen and oxygen atoms in total. The molecule has 0 aliphatic rings. The van der Waals surface area contributed by atoms with Crippen LogP contribution < -0.4 is 10.1 Å². The molecule has 0 heterocycles. The second kappa shape index (κ2) is 7.71. The number of rotatable bonds is 7. The molecule has 1 amide bonds. The van der Waals surface area contributed by atoms with Crippen molar-refractivity contribution in [3.8, 4) is 5.75 Å². The molecule has 0 radical (unpaired) electrons. The van der Waals surface area contributed by atoms with Crippen LogP contribution in [0, 0.1) is 6.92 Å². The maximum atomic E-state index is 11.8. The molecule has 0 aliphatic heterocycles. The van der Waals surface area contributed by atoms with E-state index in [0.717, 1.165) is 11.3 Å². The van der Waals surface area contributed by atoms with E-state index in [1.165, 1.54) is 0 Å². The number of aryl methyl sites for hydroxylation is 1. The average molecular weight is 251 g/mol. The molecule has 0 unspecified atom stereocenters. The van der Waals surface area contributed by atoms with Crippen molar-refractivity contribution in [1.82, 2.24) is 5.32 Å². The Bertz CT molecular complexity index is 379. The zero-order chi connectivity index (χ0) is 13.4. The Kier molecular flexibility index (Phi) is 6.22. The molecular formula is C14H21NO3. The van der Waals surface area contributed by atoms with Gasteiger partial charge in [-0.15, -0.1) is 0 Å². The van der Waals surface area contributed by atoms with Crippen LogP contribution >= 0.6 is 0 Å². The molecule has 1 aromatic carbocycles. The lowest BCUT2D eigenvalue weighted by Crippen LogP contribution is -2.39. The van der Waals surface area contributed by atoms with Crippen LogP contribution in [0.3, 0.4) is 0 Å². The van der Waals surface area contributed by atoms with Crippen molar-refractivity contribution in [1.29, 1.82) is 0 Å². The number of ether oxygens (including phenoxy) is 2. The normalized spacial score (nSPS) is 11.9. The highest BCUT2D eigenvalue weighted by Crippen LogP contribution is 2.15. The zero-order valence-electron chi connectivity index (χ0n) is 11.2. The van der Waals surface area contributed by atoms with Gasteiger partial charge in [-0.3, -0.25) is 4.79 Å². The predicted molar refractivity (Wildman–Crippen MR) is 70.8 cm³/mol. The Morgan fingerprint density at radius 1 is 1.44 bits per heavy atom. The van der Waals surface area contributed by atoms with Gasteiger partial charge in [0.2, 0.25) is 0 Å². The summed E-state index contributed by atoms with van der Waals surface area (Å²) >= 11 is 0. The monoisotopic (exact) mass is 251 g/mol. The summed E-state index contributed by atoms with van der Waals surface area (Å²) in [6, 6.07) is 7.69. The van der Waals surface area contributed by atoms with Gasteiger partial charge < -0.3 is 14.8 Å². The molecule has 0 aromatic heterocycles. The molecular weight excluding hydrogens is 230 g/mol. The lowest BCUT2D eigenvalue weighted by molar-refractivity contribution is -0.128. The highest BCUT2D eigenvalue weighted by atomic mass is 16.5. The van der Waals surface area contributed by atoms with Crippen LogP contribution in [0.4, 0.5) is 0 Å². The fourth-order valence-corrected chi connectivity index (χ4v) is 1.57. The Hall–Kier alpha value is -1.55. The van der Waals surface area contributed by atoms with E-state index >= 15 is 0 Å². The molecule has 1 N–H and O–H groups in total. The summed E-state index contributed by atoms with van der Waals surface area (Å²) < 4.78 is 10.6. The van der Waals surface area contributed by atoms with E-state index in [9.17, 15) is 4.79 Å². The first-order chi connectivity index (χ1) is 8.67. The third-order valence-corrected chi connectivity index (χ3v) is 2.54. The zero-order valence-corrected chi connectivity index (χ0v) is 11.2. The third-order valence-electron chi connectivity index (χ3n) is 2.54. The quantitative estimate of drug-likeness (QED) is 0.753. The van der Waals surface area contributed by atoms with Crippen molar-refractivity contribution in [2.24, 2.45) is 0 Å². The highest BCUT2D eigenvalue weighted by Gasteiger charge is 2.17. The van der Waals surface area contributed by atoms with Crippen LogP contribution in [-0.2, 0) is 9.53 Å². The minimum Gasteiger partial charge on any atom is -0.481 e. The summed E-state index contributed by atoms with van der Waals surface area (Å²) in [6.07, 6.45) is 0.177. The Morgan fingerprint density at radius 3 is 2.83 bits per heavy atom. The second-order valence-corrected chi connectivity index (χ2v) is 4.12. The van der Waals surface area contributed by atoms with Crippen molar-refractivity contribution in [2.75, 3.05) is 20.3 Å². The molecule has 0 aliphatic carbocycles. The minimum atomic E-state index is -0.455. The van der Waals surface area contributed by atoms with Gasteiger partial charge >= 0.3 is 0 Å². The Balaban J connectivity index is 2.53. The largest absolute Gasteiger partial charge is 0.481 e. The van der Waals surface area contributed by atoms with Crippen LogP contribution in [-0.4, -0.2) is 32.3 Å². The SMILES string of the molecule is CC[C@H](Oc1cccc(C)c1)C(=O)NCCOC. The fourth-order valence-electron chi connectivity index (χ4n) is 1.57. The molecule has 1 rings (SSSR count). The summed E-state index contributed by atoms with van der Waals surface area (Å²) in [6.45, 7) is 4.93. The lowest BCUT2D eigenvalue weighted by atomic mass is 10.2. The molecule has 1 aromatic rings. The van der Waals surface area contributed by atoms with Crippen LogP contribution in [0.2, 0.25) is 0 Å². The molecule has 100 valence electrons. The van der Waals surface area contributed by atoms with E-state index in [-0.39, 0.29) is 5.91 Å². The number of amides is 1. The summed E-state index contributed by atoms with van der Waals surface area (Å²) in [4.78, 5) is 11.8. The average Bonchev–Trinajstić information content (AvgIpc) is 2.36. The first kappa shape index (κ1) is 14.5. The van der Waals surface area contributed by atoms with Gasteiger partial charge in [-0.25, -0.2) is 0 Å². The Labute approximate surface area is 108 Å². The van der Waals surface area contributed by atoms with Crippen LogP contribution in [0.15, 0.2) is 24.3 Å². The van der Waals surface area contributed by atoms with Crippen molar-refractivity contribution in [2.45, 2.75) is 26.4 Å². The van der Waals surface area contributed by atoms with Crippen molar-refractivity contribution in [3.05, 3.63) is 29.8 Å². The van der Waals surface area contributed by atoms with E-state index in [1.54, 1.807) is 7.11 Å². The minimum absolute atomic E-state index is 0.101. The van der Waals surface area contributed by atoms with Crippen LogP contribution in [0.25, 0.3) is 0 Å². The standard InChI is InChI=1S/C14H21NO3/c1-4-13(14(16)15-8-9-17-3)18-12-7-5-6-11(2)10-12/h5-7,10,13H,4,8-9H2,1-3H3,(H,15,16)/t13-/m0/s1. The first-order valence-corrected chi connectivity index (χ1v) is 6.17. The molecule has 0 bridgehead atoms. The van der Waals surface area contributed by atoms with Gasteiger partial charge in [-0.2, -0.15) is 0 Å². The summed E-state index contributed by atoms with van der Waals surface area (Å²) in [5.41, 5.74) is 1.11. The van der Waals surface area contributed by atoms with Gasteiger partial charge in [-0.05, 0) is 31.0 Å². The molecule has 4 heteroatoms. The first-order valence-electron chi connectivity index (χ1n) is 6.17. The summed E-state index contributed by atoms with van der Waals surface area (Å²) in [5.74, 6) is 0.625. The molecule has 1 atom stereocenters. The smallest absolute Gasteiger partial charge is 0.261 e. The van der Waals surface area contributed by atoms with Gasteiger partial charge in [0, 0.05) is 13.7 Å². The summed E-state index contributed by atoms with van der Waals surface area (Å²) in [7, 11) is 1.60. The topological polar surface area (TPSA) is 47.6 Å². The predicted octanol–water partition coefficient (Wildman–Crippen LogP) is 1.92. The number of carbonyl (C=O) groups excluding carboxylic acids is 1. The van der Waals surface area contributed by atoms with Gasteiger partial charge in [0.1, 0.15) is 5.75 Å². The molecule has 0 saturated heterocycles. The Morgan fingerprint density at radius 2 is 2.22 bits per heavy atom. The maximum Gasteiger partial charge on any atom is 0.261 e. The third kappa shape index (κ3) is 4.75. The van der Waals surface area contributed by atoms with Gasteiger partial charge in [0.05, 0.1) is 6.61 Å². The molecule has 0 saturated carbocycles. The van der Waals surface area contributed by atoms with Crippen molar-refractivity contribution >= 4 is 5.91 Å². The molecule has 0 spiro atoms. The highest BCUT2D eigenvalue weighted by molar-refractivity contribution is 5.81. The van der Waals surface area contributed by atoms with Gasteiger partial charge in [0.15, 0.2) is 6.10 Å². The van der Waals surface area contributed by atoms with Crippen LogP contribution in [0.5, 0.6) is 5.75 Å². The van der Waals surface area contributed by atoms with E-state index in [1.807, 2.05) is 38.1 Å². The number of carbonyl (C=O) groups is 1.